The summed E-state index contributed by atoms with van der Waals surface area (Å²) in [4.78, 5) is 24.2. The van der Waals surface area contributed by atoms with Crippen LogP contribution in [0.4, 0.5) is 0 Å². The number of rotatable bonds is 8. The van der Waals surface area contributed by atoms with E-state index in [1.165, 1.54) is 14.2 Å². The minimum Gasteiger partial charge on any atom is -0.496 e. The molecular weight excluding hydrogens is 334 g/mol. The van der Waals surface area contributed by atoms with Crippen molar-refractivity contribution in [3.05, 3.63) is 59.7 Å². The lowest BCUT2D eigenvalue weighted by atomic mass is 10.1. The summed E-state index contributed by atoms with van der Waals surface area (Å²) in [6.45, 7) is 2.15. The molecule has 0 aliphatic rings. The van der Waals surface area contributed by atoms with Gasteiger partial charge in [-0.05, 0) is 36.2 Å². The highest BCUT2D eigenvalue weighted by molar-refractivity contribution is 5.92. The van der Waals surface area contributed by atoms with Crippen molar-refractivity contribution in [3.8, 4) is 11.5 Å². The van der Waals surface area contributed by atoms with E-state index in [1.54, 1.807) is 18.2 Å². The molecule has 26 heavy (non-hydrogen) atoms. The van der Waals surface area contributed by atoms with Crippen LogP contribution in [0.15, 0.2) is 48.5 Å². The first-order valence-corrected chi connectivity index (χ1v) is 8.33. The Balaban J connectivity index is 2.02. The third kappa shape index (κ3) is 4.99. The number of para-hydroxylation sites is 1. The summed E-state index contributed by atoms with van der Waals surface area (Å²) in [5.74, 6) is 0.360. The van der Waals surface area contributed by atoms with E-state index < -0.39 is 12.1 Å². The number of amides is 1. The maximum Gasteiger partial charge on any atom is 0.341 e. The first kappa shape index (κ1) is 19.3. The predicted molar refractivity (Wildman–Crippen MR) is 97.3 cm³/mol. The fourth-order valence-electron chi connectivity index (χ4n) is 2.42. The number of carbonyl (C=O) groups is 2. The zero-order chi connectivity index (χ0) is 18.9. The Bertz CT molecular complexity index is 745. The topological polar surface area (TPSA) is 73.9 Å². The number of ether oxygens (including phenoxy) is 3. The standard InChI is InChI=1S/C20H23NO5/c1-4-17(26-15-8-6-5-7-9-15)19(22)21-13-14-10-11-18(24-2)16(12-14)20(23)25-3/h5-12,17H,4,13H2,1-3H3,(H,21,22)/t17-/m0/s1. The van der Waals surface area contributed by atoms with Crippen molar-refractivity contribution < 1.29 is 23.8 Å². The highest BCUT2D eigenvalue weighted by Crippen LogP contribution is 2.21. The molecule has 0 heterocycles. The molecule has 0 aliphatic carbocycles. The fraction of sp³-hybridized carbons (Fsp3) is 0.300. The molecule has 6 heteroatoms. The molecule has 2 aromatic carbocycles. The van der Waals surface area contributed by atoms with Crippen LogP contribution in [0.3, 0.4) is 0 Å². The fourth-order valence-corrected chi connectivity index (χ4v) is 2.42. The Kier molecular flexibility index (Phi) is 7.02. The molecule has 1 N–H and O–H groups in total. The summed E-state index contributed by atoms with van der Waals surface area (Å²) in [6.07, 6.45) is -0.0488. The van der Waals surface area contributed by atoms with Gasteiger partial charge in [-0.1, -0.05) is 31.2 Å². The third-order valence-electron chi connectivity index (χ3n) is 3.82. The Labute approximate surface area is 153 Å². The van der Waals surface area contributed by atoms with E-state index in [0.717, 1.165) is 5.56 Å². The normalized spacial score (nSPS) is 11.3. The molecule has 0 saturated carbocycles. The first-order valence-electron chi connectivity index (χ1n) is 8.33. The Morgan fingerprint density at radius 1 is 1.08 bits per heavy atom. The number of hydrogen-bond acceptors (Lipinski definition) is 5. The highest BCUT2D eigenvalue weighted by Gasteiger charge is 2.19. The number of nitrogens with one attached hydrogen (secondary N) is 1. The molecule has 138 valence electrons. The van der Waals surface area contributed by atoms with Crippen LogP contribution in [-0.2, 0) is 16.1 Å². The van der Waals surface area contributed by atoms with Crippen LogP contribution in [-0.4, -0.2) is 32.2 Å². The lowest BCUT2D eigenvalue weighted by Gasteiger charge is -2.17. The number of methoxy groups -OCH3 is 2. The number of carbonyl (C=O) groups excluding carboxylic acids is 2. The summed E-state index contributed by atoms with van der Waals surface area (Å²) < 4.78 is 15.6. The lowest BCUT2D eigenvalue weighted by Crippen LogP contribution is -2.37. The van der Waals surface area contributed by atoms with Gasteiger partial charge < -0.3 is 19.5 Å². The van der Waals surface area contributed by atoms with Gasteiger partial charge in [0, 0.05) is 6.54 Å². The molecule has 2 rings (SSSR count). The van der Waals surface area contributed by atoms with Gasteiger partial charge in [0.15, 0.2) is 6.10 Å². The number of hydrogen-bond donors (Lipinski definition) is 1. The maximum absolute atomic E-state index is 12.4. The van der Waals surface area contributed by atoms with E-state index in [4.69, 9.17) is 14.2 Å². The minimum absolute atomic E-state index is 0.216. The largest absolute Gasteiger partial charge is 0.496 e. The van der Waals surface area contributed by atoms with Crippen LogP contribution in [0.2, 0.25) is 0 Å². The molecule has 0 spiro atoms. The summed E-state index contributed by atoms with van der Waals surface area (Å²) in [5.41, 5.74) is 1.07. The molecular formula is C20H23NO5. The van der Waals surface area contributed by atoms with E-state index in [-0.39, 0.29) is 12.5 Å². The summed E-state index contributed by atoms with van der Waals surface area (Å²) >= 11 is 0. The van der Waals surface area contributed by atoms with Crippen molar-refractivity contribution in [2.75, 3.05) is 14.2 Å². The second-order valence-electron chi connectivity index (χ2n) is 5.57. The highest BCUT2D eigenvalue weighted by atomic mass is 16.5. The van der Waals surface area contributed by atoms with Gasteiger partial charge in [-0.2, -0.15) is 0 Å². The minimum atomic E-state index is -0.587. The Morgan fingerprint density at radius 3 is 2.42 bits per heavy atom. The summed E-state index contributed by atoms with van der Waals surface area (Å²) in [5, 5.41) is 2.83. The maximum atomic E-state index is 12.4. The third-order valence-corrected chi connectivity index (χ3v) is 3.82. The predicted octanol–water partition coefficient (Wildman–Crippen LogP) is 2.96. The van der Waals surface area contributed by atoms with Crippen LogP contribution < -0.4 is 14.8 Å². The molecule has 1 amide bonds. The average Bonchev–Trinajstić information content (AvgIpc) is 2.70. The molecule has 0 aliphatic heterocycles. The first-order chi connectivity index (χ1) is 12.6. The number of benzene rings is 2. The van der Waals surface area contributed by atoms with Crippen molar-refractivity contribution >= 4 is 11.9 Å². The average molecular weight is 357 g/mol. The van der Waals surface area contributed by atoms with Gasteiger partial charge in [0.2, 0.25) is 0 Å². The van der Waals surface area contributed by atoms with Crippen LogP contribution in [0.1, 0.15) is 29.3 Å². The van der Waals surface area contributed by atoms with Crippen molar-refractivity contribution in [2.24, 2.45) is 0 Å². The molecule has 0 unspecified atom stereocenters. The Hall–Kier alpha value is -3.02. The molecule has 0 aromatic heterocycles. The summed E-state index contributed by atoms with van der Waals surface area (Å²) in [6, 6.07) is 14.3. The molecule has 6 nitrogen and oxygen atoms in total. The van der Waals surface area contributed by atoms with E-state index in [2.05, 4.69) is 5.32 Å². The van der Waals surface area contributed by atoms with Crippen LogP contribution in [0.5, 0.6) is 11.5 Å². The van der Waals surface area contributed by atoms with Crippen molar-refractivity contribution in [2.45, 2.75) is 26.0 Å². The van der Waals surface area contributed by atoms with Gasteiger partial charge in [0.25, 0.3) is 5.91 Å². The molecule has 0 radical (unpaired) electrons. The smallest absolute Gasteiger partial charge is 0.341 e. The molecule has 1 atom stereocenters. The van der Waals surface area contributed by atoms with Crippen LogP contribution >= 0.6 is 0 Å². The lowest BCUT2D eigenvalue weighted by molar-refractivity contribution is -0.128. The van der Waals surface area contributed by atoms with Gasteiger partial charge in [0.1, 0.15) is 17.1 Å². The number of esters is 1. The summed E-state index contributed by atoms with van der Waals surface area (Å²) in [7, 11) is 2.79. The van der Waals surface area contributed by atoms with Gasteiger partial charge in [0.05, 0.1) is 14.2 Å². The van der Waals surface area contributed by atoms with Crippen molar-refractivity contribution in [1.29, 1.82) is 0 Å². The van der Waals surface area contributed by atoms with Crippen LogP contribution in [0.25, 0.3) is 0 Å². The van der Waals surface area contributed by atoms with E-state index >= 15 is 0 Å². The van der Waals surface area contributed by atoms with Gasteiger partial charge in [-0.25, -0.2) is 4.79 Å². The van der Waals surface area contributed by atoms with E-state index in [0.29, 0.717) is 23.5 Å². The second-order valence-corrected chi connectivity index (χ2v) is 5.57. The van der Waals surface area contributed by atoms with Crippen LogP contribution in [0, 0.1) is 0 Å². The molecule has 0 fully saturated rings. The van der Waals surface area contributed by atoms with E-state index in [1.807, 2.05) is 37.3 Å². The monoisotopic (exact) mass is 357 g/mol. The SMILES string of the molecule is CC[C@H](Oc1ccccc1)C(=O)NCc1ccc(OC)c(C(=O)OC)c1. The molecule has 2 aromatic rings. The van der Waals surface area contributed by atoms with Gasteiger partial charge in [-0.15, -0.1) is 0 Å². The van der Waals surface area contributed by atoms with Gasteiger partial charge in [-0.3, -0.25) is 4.79 Å². The van der Waals surface area contributed by atoms with E-state index in [9.17, 15) is 9.59 Å². The molecule has 0 bridgehead atoms. The van der Waals surface area contributed by atoms with Gasteiger partial charge >= 0.3 is 5.97 Å². The zero-order valence-electron chi connectivity index (χ0n) is 15.2. The quantitative estimate of drug-likeness (QED) is 0.735. The molecule has 0 saturated heterocycles. The second kappa shape index (κ2) is 9.46. The Morgan fingerprint density at radius 2 is 1.81 bits per heavy atom. The van der Waals surface area contributed by atoms with Crippen molar-refractivity contribution in [3.63, 3.8) is 0 Å². The zero-order valence-corrected chi connectivity index (χ0v) is 15.2. The van der Waals surface area contributed by atoms with Crippen molar-refractivity contribution in [1.82, 2.24) is 5.32 Å².